The van der Waals surface area contributed by atoms with Gasteiger partial charge in [0.1, 0.15) is 12.3 Å². The molecule has 0 saturated carbocycles. The van der Waals surface area contributed by atoms with Crippen LogP contribution in [0.15, 0.2) is 12.1 Å². The minimum absolute atomic E-state index is 0.0661. The van der Waals surface area contributed by atoms with Crippen molar-refractivity contribution in [2.45, 2.75) is 13.0 Å². The lowest BCUT2D eigenvalue weighted by molar-refractivity contribution is 0.278. The summed E-state index contributed by atoms with van der Waals surface area (Å²) >= 11 is 0. The maximum absolute atomic E-state index is 13.2. The molecule has 2 N–H and O–H groups in total. The van der Waals surface area contributed by atoms with Gasteiger partial charge in [-0.05, 0) is 19.1 Å². The van der Waals surface area contributed by atoms with Gasteiger partial charge >= 0.3 is 0 Å². The van der Waals surface area contributed by atoms with Gasteiger partial charge in [0.2, 0.25) is 0 Å². The molecule has 14 heavy (non-hydrogen) atoms. The standard InChI is InChI=1S/C9H10FN2O2/c1-5-4-14-9-6(10)2-3-7(12-13)8(9)11-5/h2-3,5,11-12H,4H2,1H3/q-1/t5-/m0/s1. The normalized spacial score (nSPS) is 19.2. The fraction of sp³-hybridized carbons (Fsp3) is 0.333. The zero-order chi connectivity index (χ0) is 10.1. The SMILES string of the molecule is C[C@H]1COc2c(F)ccc(N[O-])c2N1. The van der Waals surface area contributed by atoms with E-state index in [9.17, 15) is 9.60 Å². The summed E-state index contributed by atoms with van der Waals surface area (Å²) in [6, 6.07) is 2.66. The highest BCUT2D eigenvalue weighted by atomic mass is 19.1. The molecule has 2 rings (SSSR count). The van der Waals surface area contributed by atoms with E-state index >= 15 is 0 Å². The van der Waals surface area contributed by atoms with Gasteiger partial charge < -0.3 is 20.7 Å². The minimum Gasteiger partial charge on any atom is -0.761 e. The molecule has 4 nitrogen and oxygen atoms in total. The molecule has 1 aliphatic heterocycles. The summed E-state index contributed by atoms with van der Waals surface area (Å²) in [5.41, 5.74) is 2.44. The lowest BCUT2D eigenvalue weighted by Gasteiger charge is -2.28. The van der Waals surface area contributed by atoms with Gasteiger partial charge in [-0.3, -0.25) is 0 Å². The van der Waals surface area contributed by atoms with Gasteiger partial charge in [-0.15, -0.1) is 0 Å². The van der Waals surface area contributed by atoms with Crippen molar-refractivity contribution >= 4 is 11.4 Å². The Morgan fingerprint density at radius 3 is 3.14 bits per heavy atom. The number of nitrogens with one attached hydrogen (secondary N) is 2. The van der Waals surface area contributed by atoms with Crippen LogP contribution in [0.1, 0.15) is 6.92 Å². The predicted octanol–water partition coefficient (Wildman–Crippen LogP) is 1.93. The summed E-state index contributed by atoms with van der Waals surface area (Å²) in [4.78, 5) is 0. The summed E-state index contributed by atoms with van der Waals surface area (Å²) in [6.45, 7) is 2.29. The molecule has 0 spiro atoms. The van der Waals surface area contributed by atoms with Gasteiger partial charge in [0.15, 0.2) is 11.6 Å². The molecule has 76 valence electrons. The maximum atomic E-state index is 13.2. The van der Waals surface area contributed by atoms with E-state index in [2.05, 4.69) is 5.32 Å². The van der Waals surface area contributed by atoms with E-state index in [4.69, 9.17) is 4.74 Å². The Balaban J connectivity index is 2.49. The third kappa shape index (κ3) is 1.35. The number of hydrogen-bond acceptors (Lipinski definition) is 4. The van der Waals surface area contributed by atoms with E-state index in [0.29, 0.717) is 18.0 Å². The van der Waals surface area contributed by atoms with E-state index < -0.39 is 5.82 Å². The summed E-state index contributed by atoms with van der Waals surface area (Å²) in [5, 5.41) is 13.5. The monoisotopic (exact) mass is 197 g/mol. The fourth-order valence-corrected chi connectivity index (χ4v) is 1.42. The molecule has 1 atom stereocenters. The first-order valence-electron chi connectivity index (χ1n) is 4.32. The Morgan fingerprint density at radius 1 is 1.64 bits per heavy atom. The fourth-order valence-electron chi connectivity index (χ4n) is 1.42. The van der Waals surface area contributed by atoms with Gasteiger partial charge in [-0.25, -0.2) is 4.39 Å². The van der Waals surface area contributed by atoms with Crippen LogP contribution < -0.4 is 15.5 Å². The molecule has 1 aromatic rings. The van der Waals surface area contributed by atoms with E-state index in [-0.39, 0.29) is 11.8 Å². The number of halogens is 1. The van der Waals surface area contributed by atoms with E-state index in [1.54, 1.807) is 5.48 Å². The second-order valence-corrected chi connectivity index (χ2v) is 3.26. The number of anilines is 2. The van der Waals surface area contributed by atoms with Crippen LogP contribution in [0.3, 0.4) is 0 Å². The lowest BCUT2D eigenvalue weighted by Crippen LogP contribution is -2.29. The van der Waals surface area contributed by atoms with Crippen molar-refractivity contribution in [3.05, 3.63) is 23.2 Å². The largest absolute Gasteiger partial charge is 0.761 e. The quantitative estimate of drug-likeness (QED) is 0.675. The lowest BCUT2D eigenvalue weighted by atomic mass is 10.2. The van der Waals surface area contributed by atoms with Crippen molar-refractivity contribution in [2.75, 3.05) is 17.4 Å². The second-order valence-electron chi connectivity index (χ2n) is 3.26. The maximum Gasteiger partial charge on any atom is 0.180 e. The molecule has 1 aromatic carbocycles. The molecule has 0 aliphatic carbocycles. The second kappa shape index (κ2) is 3.34. The van der Waals surface area contributed by atoms with Crippen LogP contribution in [0, 0.1) is 11.0 Å². The molecule has 0 fully saturated rings. The molecular formula is C9H10FN2O2-. The highest BCUT2D eigenvalue weighted by Crippen LogP contribution is 2.37. The van der Waals surface area contributed by atoms with Crippen LogP contribution in [-0.4, -0.2) is 12.6 Å². The number of benzene rings is 1. The highest BCUT2D eigenvalue weighted by Gasteiger charge is 2.20. The Bertz CT molecular complexity index is 357. The summed E-state index contributed by atoms with van der Waals surface area (Å²) in [6.07, 6.45) is 0. The Labute approximate surface area is 80.6 Å². The molecule has 0 aromatic heterocycles. The Hall–Kier alpha value is -1.49. The van der Waals surface area contributed by atoms with Crippen molar-refractivity contribution in [1.29, 1.82) is 0 Å². The molecule has 0 unspecified atom stereocenters. The first-order chi connectivity index (χ1) is 6.72. The average Bonchev–Trinajstić information content (AvgIpc) is 2.18. The van der Waals surface area contributed by atoms with Crippen molar-refractivity contribution in [3.8, 4) is 5.75 Å². The van der Waals surface area contributed by atoms with Crippen molar-refractivity contribution < 1.29 is 9.13 Å². The van der Waals surface area contributed by atoms with Crippen LogP contribution in [0.2, 0.25) is 0 Å². The van der Waals surface area contributed by atoms with E-state index in [1.807, 2.05) is 6.92 Å². The summed E-state index contributed by atoms with van der Waals surface area (Å²) in [5.74, 6) is -0.345. The van der Waals surface area contributed by atoms with Crippen LogP contribution in [0.4, 0.5) is 15.8 Å². The predicted molar refractivity (Wildman–Crippen MR) is 52.0 cm³/mol. The number of fused-ring (bicyclic) bond motifs is 1. The van der Waals surface area contributed by atoms with Crippen LogP contribution >= 0.6 is 0 Å². The number of rotatable bonds is 1. The zero-order valence-electron chi connectivity index (χ0n) is 7.63. The summed E-state index contributed by atoms with van der Waals surface area (Å²) < 4.78 is 18.4. The first-order valence-corrected chi connectivity index (χ1v) is 4.32. The number of ether oxygens (including phenoxy) is 1. The molecule has 5 heteroatoms. The molecule has 1 aliphatic rings. The van der Waals surface area contributed by atoms with Crippen LogP contribution in [-0.2, 0) is 0 Å². The summed E-state index contributed by atoms with van der Waals surface area (Å²) in [7, 11) is 0. The topological polar surface area (TPSA) is 56.3 Å². The van der Waals surface area contributed by atoms with E-state index in [0.717, 1.165) is 0 Å². The zero-order valence-corrected chi connectivity index (χ0v) is 7.63. The molecule has 0 amide bonds. The Morgan fingerprint density at radius 2 is 2.43 bits per heavy atom. The molecule has 0 bridgehead atoms. The third-order valence-corrected chi connectivity index (χ3v) is 2.09. The van der Waals surface area contributed by atoms with Crippen molar-refractivity contribution in [2.24, 2.45) is 0 Å². The smallest absolute Gasteiger partial charge is 0.180 e. The van der Waals surface area contributed by atoms with Crippen LogP contribution in [0.25, 0.3) is 0 Å². The first kappa shape index (κ1) is 9.08. The molecule has 1 heterocycles. The van der Waals surface area contributed by atoms with Crippen molar-refractivity contribution in [3.63, 3.8) is 0 Å². The molecular weight excluding hydrogens is 187 g/mol. The third-order valence-electron chi connectivity index (χ3n) is 2.09. The van der Waals surface area contributed by atoms with Crippen molar-refractivity contribution in [1.82, 2.24) is 0 Å². The van der Waals surface area contributed by atoms with Gasteiger partial charge in [0.25, 0.3) is 0 Å². The van der Waals surface area contributed by atoms with E-state index in [1.165, 1.54) is 12.1 Å². The van der Waals surface area contributed by atoms with Gasteiger partial charge in [0, 0.05) is 0 Å². The van der Waals surface area contributed by atoms with Gasteiger partial charge in [-0.2, -0.15) is 0 Å². The highest BCUT2D eigenvalue weighted by molar-refractivity contribution is 5.77. The molecule has 0 radical (unpaired) electrons. The number of hydrogen-bond donors (Lipinski definition) is 2. The van der Waals surface area contributed by atoms with Gasteiger partial charge in [0.05, 0.1) is 11.7 Å². The average molecular weight is 197 g/mol. The Kier molecular flexibility index (Phi) is 2.17. The molecule has 0 saturated heterocycles. The van der Waals surface area contributed by atoms with Crippen LogP contribution in [0.5, 0.6) is 5.75 Å². The van der Waals surface area contributed by atoms with Gasteiger partial charge in [-0.1, -0.05) is 0 Å². The minimum atomic E-state index is -0.460.